The van der Waals surface area contributed by atoms with Crippen molar-refractivity contribution in [2.45, 2.75) is 77.3 Å². The maximum atomic E-state index is 13.3. The normalized spacial score (nSPS) is 17.0. The lowest BCUT2D eigenvalue weighted by atomic mass is 9.98. The largest absolute Gasteiger partial charge is 0.481 e. The number of hydrogen-bond acceptors (Lipinski definition) is 8. The highest BCUT2D eigenvalue weighted by Crippen LogP contribution is 2.42. The third-order valence-electron chi connectivity index (χ3n) is 10.1. The molecule has 2 fully saturated rings. The Balaban J connectivity index is 1.14. The summed E-state index contributed by atoms with van der Waals surface area (Å²) in [6.07, 6.45) is 5.22. The van der Waals surface area contributed by atoms with Gasteiger partial charge in [0.2, 0.25) is 11.8 Å². The molecule has 0 bridgehead atoms. The maximum Gasteiger partial charge on any atom is 0.410 e. The fourth-order valence-corrected chi connectivity index (χ4v) is 8.05. The number of halogens is 2. The van der Waals surface area contributed by atoms with E-state index in [0.717, 1.165) is 66.0 Å². The van der Waals surface area contributed by atoms with Gasteiger partial charge in [0.05, 0.1) is 41.2 Å². The highest BCUT2D eigenvalue weighted by atomic mass is 35.5. The lowest BCUT2D eigenvalue weighted by Crippen LogP contribution is -2.43. The van der Waals surface area contributed by atoms with Gasteiger partial charge in [-0.25, -0.2) is 14.8 Å². The number of carbonyl (C=O) groups is 2. The van der Waals surface area contributed by atoms with Gasteiger partial charge in [-0.05, 0) is 69.9 Å². The first-order valence-corrected chi connectivity index (χ1v) is 19.8. The van der Waals surface area contributed by atoms with E-state index in [4.69, 9.17) is 47.4 Å². The molecule has 13 heteroatoms. The number of pyridine rings is 2. The third-order valence-corrected chi connectivity index (χ3v) is 10.9. The summed E-state index contributed by atoms with van der Waals surface area (Å²) in [5.41, 5.74) is 6.39. The van der Waals surface area contributed by atoms with Gasteiger partial charge in [-0.1, -0.05) is 59.6 Å². The van der Waals surface area contributed by atoms with E-state index in [1.54, 1.807) is 12.0 Å². The molecular weight excluding hydrogens is 751 g/mol. The van der Waals surface area contributed by atoms with Gasteiger partial charge in [0.15, 0.2) is 0 Å². The van der Waals surface area contributed by atoms with Crippen LogP contribution in [0.3, 0.4) is 0 Å². The summed E-state index contributed by atoms with van der Waals surface area (Å²) < 4.78 is 19.3. The third kappa shape index (κ3) is 8.81. The molecule has 0 spiro atoms. The highest BCUT2D eigenvalue weighted by Gasteiger charge is 2.29. The Morgan fingerprint density at radius 3 is 2.27 bits per heavy atom. The minimum Gasteiger partial charge on any atom is -0.481 e. The molecule has 0 saturated carbocycles. The Morgan fingerprint density at radius 1 is 0.964 bits per heavy atom. The second kappa shape index (κ2) is 16.8. The van der Waals surface area contributed by atoms with Gasteiger partial charge in [-0.2, -0.15) is 0 Å². The van der Waals surface area contributed by atoms with E-state index in [0.29, 0.717) is 52.1 Å². The molecule has 2 amide bonds. The first kappa shape index (κ1) is 39.6. The fourth-order valence-electron chi connectivity index (χ4n) is 7.40. The van der Waals surface area contributed by atoms with Gasteiger partial charge in [0.1, 0.15) is 11.2 Å². The number of benzene rings is 2. The summed E-state index contributed by atoms with van der Waals surface area (Å²) in [5, 5.41) is 8.60. The smallest absolute Gasteiger partial charge is 0.410 e. The second-order valence-corrected chi connectivity index (χ2v) is 16.2. The van der Waals surface area contributed by atoms with Crippen molar-refractivity contribution >= 4 is 46.2 Å². The van der Waals surface area contributed by atoms with Crippen LogP contribution in [0.15, 0.2) is 66.9 Å². The molecule has 2 saturated heterocycles. The fraction of sp³-hybridized carbons (Fsp3) is 0.395. The highest BCUT2D eigenvalue weighted by molar-refractivity contribution is 6.39. The number of aromatic nitrogens is 3. The molecule has 294 valence electrons. The molecule has 1 unspecified atom stereocenters. The monoisotopic (exact) mass is 798 g/mol. The van der Waals surface area contributed by atoms with E-state index in [1.807, 2.05) is 82.4 Å². The van der Waals surface area contributed by atoms with Crippen molar-refractivity contribution < 1.29 is 23.8 Å². The molecular formula is C43H48Cl2N6O5. The van der Waals surface area contributed by atoms with Gasteiger partial charge < -0.3 is 34.3 Å². The Hall–Kier alpha value is -4.68. The molecule has 5 aromatic rings. The van der Waals surface area contributed by atoms with E-state index in [9.17, 15) is 9.59 Å². The number of nitrogens with one attached hydrogen (secondary N) is 2. The van der Waals surface area contributed by atoms with Crippen molar-refractivity contribution in [3.8, 4) is 39.5 Å². The van der Waals surface area contributed by atoms with Crippen molar-refractivity contribution in [3.05, 3.63) is 88.0 Å². The van der Waals surface area contributed by atoms with Crippen LogP contribution < -0.4 is 15.4 Å². The van der Waals surface area contributed by atoms with Crippen LogP contribution in [0.5, 0.6) is 5.88 Å². The van der Waals surface area contributed by atoms with E-state index in [1.165, 1.54) is 5.56 Å². The zero-order chi connectivity index (χ0) is 39.6. The van der Waals surface area contributed by atoms with Crippen LogP contribution in [0.25, 0.3) is 44.7 Å². The van der Waals surface area contributed by atoms with Crippen LogP contribution in [-0.2, 0) is 34.4 Å². The lowest BCUT2D eigenvalue weighted by molar-refractivity contribution is -0.119. The van der Waals surface area contributed by atoms with Crippen molar-refractivity contribution in [1.82, 2.24) is 30.1 Å². The Morgan fingerprint density at radius 2 is 1.64 bits per heavy atom. The number of rotatable bonds is 12. The lowest BCUT2D eigenvalue weighted by Gasteiger charge is -2.29. The number of fused-ring (bicyclic) bond motifs is 1. The quantitative estimate of drug-likeness (QED) is 0.129. The predicted molar refractivity (Wildman–Crippen MR) is 220 cm³/mol. The van der Waals surface area contributed by atoms with Crippen molar-refractivity contribution in [1.29, 1.82) is 0 Å². The molecule has 2 N–H and O–H groups in total. The molecule has 5 heterocycles. The van der Waals surface area contributed by atoms with E-state index in [-0.39, 0.29) is 24.6 Å². The summed E-state index contributed by atoms with van der Waals surface area (Å²) >= 11 is 14.4. The molecule has 56 heavy (non-hydrogen) atoms. The number of carbonyl (C=O) groups excluding carboxylic acids is 2. The average Bonchev–Trinajstić information content (AvgIpc) is 3.92. The first-order valence-electron chi connectivity index (χ1n) is 19.0. The first-order chi connectivity index (χ1) is 26.9. The molecule has 0 radical (unpaired) electrons. The summed E-state index contributed by atoms with van der Waals surface area (Å²) in [5.74, 6) is 0.320. The molecule has 11 nitrogen and oxygen atoms in total. The number of hydrogen-bond donors (Lipinski definition) is 2. The van der Waals surface area contributed by atoms with Gasteiger partial charge in [-0.3, -0.25) is 4.79 Å². The molecule has 2 aromatic carbocycles. The zero-order valence-electron chi connectivity index (χ0n) is 32.5. The number of amides is 2. The van der Waals surface area contributed by atoms with E-state index < -0.39 is 11.7 Å². The van der Waals surface area contributed by atoms with Gasteiger partial charge >= 0.3 is 6.09 Å². The van der Waals surface area contributed by atoms with Crippen LogP contribution in [0.1, 0.15) is 57.6 Å². The van der Waals surface area contributed by atoms with Crippen LogP contribution >= 0.6 is 23.2 Å². The van der Waals surface area contributed by atoms with E-state index in [2.05, 4.69) is 27.5 Å². The second-order valence-electron chi connectivity index (χ2n) is 15.5. The summed E-state index contributed by atoms with van der Waals surface area (Å²) in [6, 6.07) is 19.3. The van der Waals surface area contributed by atoms with Crippen LogP contribution in [0.2, 0.25) is 10.0 Å². The topological polar surface area (TPSA) is 120 Å². The molecule has 3 aromatic heterocycles. The number of ether oxygens (including phenoxy) is 3. The number of aryl methyl sites for hydroxylation is 1. The van der Waals surface area contributed by atoms with Crippen molar-refractivity contribution in [3.63, 3.8) is 0 Å². The minimum absolute atomic E-state index is 0.0247. The zero-order valence-corrected chi connectivity index (χ0v) is 34.0. The summed E-state index contributed by atoms with van der Waals surface area (Å²) in [6.45, 7) is 8.34. The maximum absolute atomic E-state index is 13.3. The molecule has 2 aliphatic heterocycles. The Kier molecular flexibility index (Phi) is 11.9. The van der Waals surface area contributed by atoms with Crippen LogP contribution in [0, 0.1) is 0 Å². The van der Waals surface area contributed by atoms with Gasteiger partial charge in [0, 0.05) is 85.2 Å². The van der Waals surface area contributed by atoms with Crippen molar-refractivity contribution in [2.75, 3.05) is 26.8 Å². The molecule has 2 aliphatic rings. The molecule has 7 rings (SSSR count). The Labute approximate surface area is 337 Å². The summed E-state index contributed by atoms with van der Waals surface area (Å²) in [4.78, 5) is 36.7. The average molecular weight is 800 g/mol. The summed E-state index contributed by atoms with van der Waals surface area (Å²) in [7, 11) is 3.55. The Bertz CT molecular complexity index is 2250. The van der Waals surface area contributed by atoms with E-state index >= 15 is 0 Å². The SMILES string of the molecule is COc1nc(-c2cccc(-c3cccc(-c4ccc5c(CNC[C@@H]6CCCO6)cn(C)c5n4)c3Cl)c2Cl)ccc1CN(CC1CCC(=O)N1)C(=O)OC(C)(C)C. The standard InChI is InChI=1S/C43H48Cl2N6O5/c1-43(2,3)56-42(53)51(25-28-15-19-37(52)47-28)24-26-14-17-36(49-41(26)54-5)34-13-7-11-32(39(34)45)31-10-6-12-33(38(31)44)35-18-16-30-27(23-50(4)40(30)48-35)21-46-22-29-9-8-20-55-29/h6-7,10-14,16-18,23,28-29,46H,8-9,15,19-22,24-25H2,1-5H3,(H,47,52)/t28?,29-/m0/s1. The number of methoxy groups -OCH3 is 1. The molecule has 0 aliphatic carbocycles. The molecule has 2 atom stereocenters. The minimum atomic E-state index is -0.692. The van der Waals surface area contributed by atoms with Gasteiger partial charge in [0.25, 0.3) is 0 Å². The van der Waals surface area contributed by atoms with Crippen molar-refractivity contribution in [2.24, 2.45) is 7.05 Å². The van der Waals surface area contributed by atoms with Gasteiger partial charge in [-0.15, -0.1) is 0 Å². The predicted octanol–water partition coefficient (Wildman–Crippen LogP) is 8.57. The number of nitrogens with zero attached hydrogens (tertiary/aromatic N) is 4. The van der Waals surface area contributed by atoms with Crippen LogP contribution in [-0.4, -0.2) is 76.0 Å². The van der Waals surface area contributed by atoms with Crippen LogP contribution in [0.4, 0.5) is 4.79 Å².